The summed E-state index contributed by atoms with van der Waals surface area (Å²) in [7, 11) is 0. The van der Waals surface area contributed by atoms with Crippen molar-refractivity contribution in [2.24, 2.45) is 11.8 Å². The first-order valence-corrected chi connectivity index (χ1v) is 6.44. The van der Waals surface area contributed by atoms with Gasteiger partial charge in [0.15, 0.2) is 0 Å². The number of fused-ring (bicyclic) bond motifs is 2. The first kappa shape index (κ1) is 12.1. The Bertz CT molecular complexity index is 276. The highest BCUT2D eigenvalue weighted by Crippen LogP contribution is 2.44. The molecule has 2 aliphatic rings. The molecule has 1 aliphatic carbocycles. The highest BCUT2D eigenvalue weighted by molar-refractivity contribution is 5.82. The lowest BCUT2D eigenvalue weighted by atomic mass is 9.70. The molecule has 1 saturated carbocycles. The van der Waals surface area contributed by atoms with Crippen molar-refractivity contribution in [1.29, 1.82) is 0 Å². The van der Waals surface area contributed by atoms with Crippen LogP contribution in [0.15, 0.2) is 0 Å². The van der Waals surface area contributed by atoms with Gasteiger partial charge in [-0.3, -0.25) is 4.79 Å². The van der Waals surface area contributed by atoms with Gasteiger partial charge in [0, 0.05) is 18.3 Å². The number of ketones is 1. The molecule has 16 heavy (non-hydrogen) atoms. The Kier molecular flexibility index (Phi) is 3.36. The molecule has 1 aliphatic heterocycles. The Balaban J connectivity index is 2.06. The Morgan fingerprint density at radius 1 is 1.50 bits per heavy atom. The van der Waals surface area contributed by atoms with Gasteiger partial charge >= 0.3 is 0 Å². The van der Waals surface area contributed by atoms with Crippen LogP contribution in [0, 0.1) is 11.8 Å². The zero-order chi connectivity index (χ0) is 11.8. The smallest absolute Gasteiger partial charge is 0.138 e. The Labute approximate surface area is 97.4 Å². The van der Waals surface area contributed by atoms with Crippen molar-refractivity contribution in [2.45, 2.75) is 64.6 Å². The van der Waals surface area contributed by atoms with E-state index in [0.717, 1.165) is 25.7 Å². The first-order valence-electron chi connectivity index (χ1n) is 6.44. The van der Waals surface area contributed by atoms with E-state index >= 15 is 0 Å². The van der Waals surface area contributed by atoms with Crippen LogP contribution in [0.4, 0.5) is 0 Å². The highest BCUT2D eigenvalue weighted by atomic mass is 17.2. The van der Waals surface area contributed by atoms with Gasteiger partial charge in [-0.15, -0.1) is 0 Å². The lowest BCUT2D eigenvalue weighted by Gasteiger charge is -2.47. The molecule has 4 atom stereocenters. The molecule has 1 saturated heterocycles. The minimum absolute atomic E-state index is 0.00646. The molecule has 0 N–H and O–H groups in total. The monoisotopic (exact) mass is 226 g/mol. The number of carbonyl (C=O) groups is 1. The lowest BCUT2D eigenvalue weighted by molar-refractivity contribution is -0.429. The summed E-state index contributed by atoms with van der Waals surface area (Å²) < 4.78 is 0. The van der Waals surface area contributed by atoms with Gasteiger partial charge in [0.25, 0.3) is 0 Å². The SMILES string of the molecule is CCCC[C@]1(C)OO[C@H]2C[C@@H]1CC(=O)[C@H]2C. The predicted octanol–water partition coefficient (Wildman–Crippen LogP) is 2.88. The number of hydrogen-bond donors (Lipinski definition) is 0. The van der Waals surface area contributed by atoms with Crippen LogP contribution in [0.1, 0.15) is 52.9 Å². The van der Waals surface area contributed by atoms with Crippen molar-refractivity contribution in [3.8, 4) is 0 Å². The van der Waals surface area contributed by atoms with Gasteiger partial charge in [0.2, 0.25) is 0 Å². The number of unbranched alkanes of at least 4 members (excludes halogenated alkanes) is 1. The van der Waals surface area contributed by atoms with E-state index in [-0.39, 0.29) is 17.6 Å². The van der Waals surface area contributed by atoms with Gasteiger partial charge in [0.05, 0.1) is 0 Å². The highest BCUT2D eigenvalue weighted by Gasteiger charge is 2.49. The molecule has 0 spiro atoms. The minimum Gasteiger partial charge on any atom is -0.299 e. The summed E-state index contributed by atoms with van der Waals surface area (Å²) in [4.78, 5) is 22.9. The number of hydrogen-bond acceptors (Lipinski definition) is 3. The summed E-state index contributed by atoms with van der Waals surface area (Å²) in [6.45, 7) is 6.21. The van der Waals surface area contributed by atoms with Crippen molar-refractivity contribution in [1.82, 2.24) is 0 Å². The van der Waals surface area contributed by atoms with Crippen LogP contribution in [0.25, 0.3) is 0 Å². The van der Waals surface area contributed by atoms with Crippen molar-refractivity contribution >= 4 is 5.78 Å². The van der Waals surface area contributed by atoms with Crippen LogP contribution in [0.5, 0.6) is 0 Å². The van der Waals surface area contributed by atoms with E-state index in [2.05, 4.69) is 13.8 Å². The summed E-state index contributed by atoms with van der Waals surface area (Å²) in [5.41, 5.74) is -0.248. The van der Waals surface area contributed by atoms with Gasteiger partial charge in [-0.25, -0.2) is 9.78 Å². The maximum atomic E-state index is 11.8. The average molecular weight is 226 g/mol. The van der Waals surface area contributed by atoms with Gasteiger partial charge in [0.1, 0.15) is 17.5 Å². The lowest BCUT2D eigenvalue weighted by Crippen LogP contribution is -2.52. The fraction of sp³-hybridized carbons (Fsp3) is 0.923. The molecule has 0 unspecified atom stereocenters. The van der Waals surface area contributed by atoms with E-state index in [1.54, 1.807) is 0 Å². The molecule has 0 aromatic rings. The molecule has 0 aromatic heterocycles. The number of rotatable bonds is 3. The normalized spacial score (nSPS) is 43.4. The third-order valence-electron chi connectivity index (χ3n) is 4.28. The van der Waals surface area contributed by atoms with Crippen molar-refractivity contribution in [2.75, 3.05) is 0 Å². The second-order valence-electron chi connectivity index (χ2n) is 5.53. The van der Waals surface area contributed by atoms with Gasteiger partial charge in [-0.2, -0.15) is 0 Å². The van der Waals surface area contributed by atoms with Crippen LogP contribution in [-0.4, -0.2) is 17.5 Å². The molecule has 2 bridgehead atoms. The minimum atomic E-state index is -0.248. The van der Waals surface area contributed by atoms with Crippen molar-refractivity contribution in [3.63, 3.8) is 0 Å². The van der Waals surface area contributed by atoms with Crippen LogP contribution in [-0.2, 0) is 14.6 Å². The van der Waals surface area contributed by atoms with E-state index in [0.29, 0.717) is 18.1 Å². The van der Waals surface area contributed by atoms with E-state index in [4.69, 9.17) is 9.78 Å². The Morgan fingerprint density at radius 2 is 2.25 bits per heavy atom. The summed E-state index contributed by atoms with van der Waals surface area (Å²) in [6.07, 6.45) is 4.90. The Hall–Kier alpha value is -0.410. The van der Waals surface area contributed by atoms with Gasteiger partial charge in [-0.1, -0.05) is 26.7 Å². The first-order chi connectivity index (χ1) is 7.57. The van der Waals surface area contributed by atoms with Gasteiger partial charge in [-0.05, 0) is 19.8 Å². The van der Waals surface area contributed by atoms with Crippen molar-refractivity contribution in [3.05, 3.63) is 0 Å². The molecule has 0 radical (unpaired) electrons. The standard InChI is InChI=1S/C13H22O3/c1-4-5-6-13(3)10-7-11(14)9(2)12(8-10)15-16-13/h9-10,12H,4-8H2,1-3H3/t9-,10+,12+,13+/m1/s1. The van der Waals surface area contributed by atoms with Crippen LogP contribution in [0.3, 0.4) is 0 Å². The fourth-order valence-electron chi connectivity index (χ4n) is 2.81. The molecular weight excluding hydrogens is 204 g/mol. The second kappa shape index (κ2) is 4.46. The predicted molar refractivity (Wildman–Crippen MR) is 60.8 cm³/mol. The van der Waals surface area contributed by atoms with Crippen molar-refractivity contribution < 1.29 is 14.6 Å². The summed E-state index contributed by atoms with van der Waals surface area (Å²) in [5, 5.41) is 0. The third-order valence-corrected chi connectivity index (χ3v) is 4.28. The zero-order valence-electron chi connectivity index (χ0n) is 10.5. The summed E-state index contributed by atoms with van der Waals surface area (Å²) >= 11 is 0. The number of Topliss-reactive ketones (excluding diaryl/α,β-unsaturated/α-hetero) is 1. The largest absolute Gasteiger partial charge is 0.299 e. The van der Waals surface area contributed by atoms with E-state index < -0.39 is 0 Å². The fourth-order valence-corrected chi connectivity index (χ4v) is 2.81. The summed E-state index contributed by atoms with van der Waals surface area (Å²) in [6, 6.07) is 0. The van der Waals surface area contributed by atoms with Crippen LogP contribution < -0.4 is 0 Å². The number of carbonyl (C=O) groups excluding carboxylic acids is 1. The molecule has 3 nitrogen and oxygen atoms in total. The van der Waals surface area contributed by atoms with Crippen LogP contribution in [0.2, 0.25) is 0 Å². The zero-order valence-corrected chi connectivity index (χ0v) is 10.5. The quantitative estimate of drug-likeness (QED) is 0.694. The second-order valence-corrected chi connectivity index (χ2v) is 5.53. The Morgan fingerprint density at radius 3 is 2.94 bits per heavy atom. The third kappa shape index (κ3) is 2.03. The van der Waals surface area contributed by atoms with E-state index in [9.17, 15) is 4.79 Å². The van der Waals surface area contributed by atoms with E-state index in [1.165, 1.54) is 0 Å². The topological polar surface area (TPSA) is 35.5 Å². The maximum absolute atomic E-state index is 11.8. The molecule has 1 heterocycles. The molecular formula is C13H22O3. The molecule has 92 valence electrons. The molecule has 2 rings (SSSR count). The maximum Gasteiger partial charge on any atom is 0.138 e. The molecule has 3 heteroatoms. The van der Waals surface area contributed by atoms with Gasteiger partial charge < -0.3 is 0 Å². The van der Waals surface area contributed by atoms with E-state index in [1.807, 2.05) is 6.92 Å². The molecule has 0 aromatic carbocycles. The van der Waals surface area contributed by atoms with Crippen LogP contribution >= 0.6 is 0 Å². The average Bonchev–Trinajstić information content (AvgIpc) is 2.27. The molecule has 0 amide bonds. The summed E-state index contributed by atoms with van der Waals surface area (Å²) in [5.74, 6) is 0.695. The molecule has 2 fully saturated rings.